The Morgan fingerprint density at radius 2 is 2.16 bits per heavy atom. The number of ether oxygens (including phenoxy) is 1. The van der Waals surface area contributed by atoms with Crippen molar-refractivity contribution in [2.24, 2.45) is 17.8 Å². The largest absolute Gasteiger partial charge is 0.495 e. The summed E-state index contributed by atoms with van der Waals surface area (Å²) >= 11 is 6.11. The number of hydrogen-bond acceptors (Lipinski definition) is 3. The Morgan fingerprint density at radius 3 is 2.88 bits per heavy atom. The summed E-state index contributed by atoms with van der Waals surface area (Å²) in [5.41, 5.74) is 10.5. The van der Waals surface area contributed by atoms with Crippen molar-refractivity contribution >= 4 is 47.2 Å². The molecule has 25 heavy (non-hydrogen) atoms. The highest BCUT2D eigenvalue weighted by Gasteiger charge is 2.18. The average molecular weight is 476 g/mol. The molecule has 0 fully saturated rings. The number of benzene rings is 1. The summed E-state index contributed by atoms with van der Waals surface area (Å²) in [6.07, 6.45) is 4.57. The van der Waals surface area contributed by atoms with Gasteiger partial charge in [0.05, 0.1) is 30.1 Å². The first-order chi connectivity index (χ1) is 11.6. The van der Waals surface area contributed by atoms with Crippen LogP contribution in [0.5, 0.6) is 5.75 Å². The van der Waals surface area contributed by atoms with Gasteiger partial charge < -0.3 is 15.8 Å². The quantitative estimate of drug-likeness (QED) is 0.403. The molecule has 0 atom stereocenters. The van der Waals surface area contributed by atoms with Gasteiger partial charge >= 0.3 is 0 Å². The number of hydrogen-bond donors (Lipinski definition) is 2. The number of halogens is 2. The lowest BCUT2D eigenvalue weighted by atomic mass is 9.96. The van der Waals surface area contributed by atoms with Crippen molar-refractivity contribution in [3.63, 3.8) is 0 Å². The summed E-state index contributed by atoms with van der Waals surface area (Å²) in [6.45, 7) is 0.515. The van der Waals surface area contributed by atoms with Crippen LogP contribution in [0.15, 0.2) is 23.2 Å². The van der Waals surface area contributed by atoms with E-state index in [1.54, 1.807) is 19.2 Å². The second-order valence-corrected chi connectivity index (χ2v) is 6.29. The maximum absolute atomic E-state index is 6.11. The second-order valence-electron chi connectivity index (χ2n) is 5.88. The van der Waals surface area contributed by atoms with E-state index in [2.05, 4.69) is 15.4 Å². The topological polar surface area (TPSA) is 77.5 Å². The van der Waals surface area contributed by atoms with Crippen molar-refractivity contribution in [3.8, 4) is 5.75 Å². The Labute approximate surface area is 169 Å². The van der Waals surface area contributed by atoms with Crippen molar-refractivity contribution in [2.75, 3.05) is 12.4 Å². The van der Waals surface area contributed by atoms with Gasteiger partial charge in [0, 0.05) is 12.7 Å². The van der Waals surface area contributed by atoms with Crippen LogP contribution < -0.4 is 15.8 Å². The number of guanidine groups is 1. The van der Waals surface area contributed by atoms with Gasteiger partial charge in [0.1, 0.15) is 5.75 Å². The molecule has 0 aliphatic heterocycles. The number of aromatic nitrogens is 2. The molecule has 0 unspecified atom stereocenters. The Hall–Kier alpha value is -1.48. The molecule has 3 rings (SSSR count). The maximum Gasteiger partial charge on any atom is 0.193 e. The molecule has 0 radical (unpaired) electrons. The van der Waals surface area contributed by atoms with Gasteiger partial charge in [-0.05, 0) is 49.4 Å². The Bertz CT molecular complexity index is 775. The minimum atomic E-state index is 0. The lowest BCUT2D eigenvalue weighted by Gasteiger charge is -2.11. The fraction of sp³-hybridized carbons (Fsp3) is 0.412. The van der Waals surface area contributed by atoms with Crippen molar-refractivity contribution in [1.82, 2.24) is 9.78 Å². The molecule has 1 aromatic heterocycles. The molecule has 1 aliphatic rings. The van der Waals surface area contributed by atoms with E-state index in [0.29, 0.717) is 23.3 Å². The Morgan fingerprint density at radius 1 is 1.40 bits per heavy atom. The van der Waals surface area contributed by atoms with Crippen LogP contribution in [-0.2, 0) is 26.4 Å². The highest BCUT2D eigenvalue weighted by Crippen LogP contribution is 2.27. The van der Waals surface area contributed by atoms with Crippen LogP contribution in [-0.4, -0.2) is 22.8 Å². The van der Waals surface area contributed by atoms with Crippen LogP contribution in [0.4, 0.5) is 5.69 Å². The number of nitrogens with two attached hydrogens (primary N) is 1. The second kappa shape index (κ2) is 8.75. The van der Waals surface area contributed by atoms with Gasteiger partial charge in [-0.3, -0.25) is 4.68 Å². The van der Waals surface area contributed by atoms with Crippen LogP contribution in [0.3, 0.4) is 0 Å². The van der Waals surface area contributed by atoms with Crippen molar-refractivity contribution in [2.45, 2.75) is 32.2 Å². The van der Waals surface area contributed by atoms with E-state index in [-0.39, 0.29) is 24.0 Å². The van der Waals surface area contributed by atoms with Crippen LogP contribution in [0.1, 0.15) is 29.8 Å². The molecular formula is C17H23ClIN5O. The number of fused-ring (bicyclic) bond motifs is 1. The van der Waals surface area contributed by atoms with Crippen molar-refractivity contribution in [1.29, 1.82) is 0 Å². The van der Waals surface area contributed by atoms with Crippen LogP contribution >= 0.6 is 35.6 Å². The molecule has 0 spiro atoms. The van der Waals surface area contributed by atoms with E-state index < -0.39 is 0 Å². The third kappa shape index (κ3) is 4.58. The van der Waals surface area contributed by atoms with Gasteiger partial charge in [-0.15, -0.1) is 24.0 Å². The molecule has 1 heterocycles. The third-order valence-electron chi connectivity index (χ3n) is 4.27. The molecule has 3 N–H and O–H groups in total. The summed E-state index contributed by atoms with van der Waals surface area (Å²) in [6, 6.07) is 5.39. The molecule has 1 aliphatic carbocycles. The Balaban J connectivity index is 0.00000225. The smallest absolute Gasteiger partial charge is 0.193 e. The molecule has 0 amide bonds. The molecule has 0 saturated carbocycles. The van der Waals surface area contributed by atoms with Gasteiger partial charge in [0.25, 0.3) is 0 Å². The predicted molar refractivity (Wildman–Crippen MR) is 112 cm³/mol. The van der Waals surface area contributed by atoms with Crippen LogP contribution in [0.25, 0.3) is 0 Å². The average Bonchev–Trinajstić information content (AvgIpc) is 2.88. The first-order valence-corrected chi connectivity index (χ1v) is 8.40. The number of nitrogens with zero attached hydrogens (tertiary/aromatic N) is 3. The molecule has 136 valence electrons. The highest BCUT2D eigenvalue weighted by molar-refractivity contribution is 14.0. The van der Waals surface area contributed by atoms with Crippen molar-refractivity contribution in [3.05, 3.63) is 40.2 Å². The van der Waals surface area contributed by atoms with Gasteiger partial charge in [0.2, 0.25) is 0 Å². The summed E-state index contributed by atoms with van der Waals surface area (Å²) in [7, 11) is 3.55. The minimum absolute atomic E-state index is 0. The zero-order chi connectivity index (χ0) is 17.1. The van der Waals surface area contributed by atoms with Gasteiger partial charge in [-0.2, -0.15) is 5.10 Å². The number of methoxy groups -OCH3 is 1. The summed E-state index contributed by atoms with van der Waals surface area (Å²) in [4.78, 5) is 4.45. The normalized spacial score (nSPS) is 13.8. The van der Waals surface area contributed by atoms with Gasteiger partial charge in [0.15, 0.2) is 5.96 Å². The zero-order valence-corrected chi connectivity index (χ0v) is 17.5. The molecule has 2 aromatic rings. The Kier molecular flexibility index (Phi) is 6.95. The lowest BCUT2D eigenvalue weighted by Crippen LogP contribution is -2.23. The fourth-order valence-electron chi connectivity index (χ4n) is 3.04. The number of aliphatic imine (C=N–C) groups is 1. The van der Waals surface area contributed by atoms with E-state index in [0.717, 1.165) is 24.2 Å². The van der Waals surface area contributed by atoms with E-state index >= 15 is 0 Å². The van der Waals surface area contributed by atoms with Gasteiger partial charge in [-0.25, -0.2) is 4.99 Å². The highest BCUT2D eigenvalue weighted by atomic mass is 127. The SMILES string of the molecule is COc1ccc(NC(N)=NCc2c3c(nn2C)CCCC3)cc1Cl.I. The van der Waals surface area contributed by atoms with Gasteiger partial charge in [-0.1, -0.05) is 11.6 Å². The number of anilines is 1. The van der Waals surface area contributed by atoms with E-state index in [4.69, 9.17) is 22.1 Å². The molecule has 8 heteroatoms. The molecule has 6 nitrogen and oxygen atoms in total. The fourth-order valence-corrected chi connectivity index (χ4v) is 3.29. The number of rotatable bonds is 4. The minimum Gasteiger partial charge on any atom is -0.495 e. The predicted octanol–water partition coefficient (Wildman–Crippen LogP) is 3.51. The molecule has 0 bridgehead atoms. The molecule has 1 aromatic carbocycles. The van der Waals surface area contributed by atoms with Crippen LogP contribution in [0.2, 0.25) is 5.02 Å². The monoisotopic (exact) mass is 475 g/mol. The number of nitrogens with one attached hydrogen (secondary N) is 1. The summed E-state index contributed by atoms with van der Waals surface area (Å²) < 4.78 is 7.06. The lowest BCUT2D eigenvalue weighted by molar-refractivity contribution is 0.415. The molecular weight excluding hydrogens is 453 g/mol. The standard InChI is InChI=1S/C17H22ClN5O.HI/c1-23-15(12-5-3-4-6-14(12)22-23)10-20-17(19)21-11-7-8-16(24-2)13(18)9-11;/h7-9H,3-6,10H2,1-2H3,(H3,19,20,21);1H. The summed E-state index contributed by atoms with van der Waals surface area (Å²) in [5, 5.41) is 8.18. The first kappa shape index (κ1) is 19.8. The zero-order valence-electron chi connectivity index (χ0n) is 14.4. The maximum atomic E-state index is 6.11. The van der Waals surface area contributed by atoms with E-state index in [9.17, 15) is 0 Å². The van der Waals surface area contributed by atoms with E-state index in [1.165, 1.54) is 24.1 Å². The van der Waals surface area contributed by atoms with Crippen LogP contribution in [0, 0.1) is 0 Å². The third-order valence-corrected chi connectivity index (χ3v) is 4.57. The van der Waals surface area contributed by atoms with Crippen molar-refractivity contribution < 1.29 is 4.74 Å². The molecule has 0 saturated heterocycles. The summed E-state index contributed by atoms with van der Waals surface area (Å²) in [5.74, 6) is 0.973. The van der Waals surface area contributed by atoms with E-state index in [1.807, 2.05) is 17.8 Å². The first-order valence-electron chi connectivity index (χ1n) is 8.02. The number of aryl methyl sites for hydroxylation is 2.